The van der Waals surface area contributed by atoms with Crippen LogP contribution in [0.5, 0.6) is 0 Å². The van der Waals surface area contributed by atoms with Crippen LogP contribution in [-0.4, -0.2) is 17.9 Å². The number of thiazole rings is 1. The Morgan fingerprint density at radius 1 is 1.55 bits per heavy atom. The zero-order chi connectivity index (χ0) is 14.5. The van der Waals surface area contributed by atoms with Gasteiger partial charge < -0.3 is 5.32 Å². The average Bonchev–Trinajstić information content (AvgIpc) is 2.92. The molecule has 0 aliphatic carbocycles. The van der Waals surface area contributed by atoms with Gasteiger partial charge in [0.1, 0.15) is 16.6 Å². The Balaban J connectivity index is 2.32. The summed E-state index contributed by atoms with van der Waals surface area (Å²) in [7, 11) is 1.49. The van der Waals surface area contributed by atoms with Crippen molar-refractivity contribution in [2.24, 2.45) is 0 Å². The Morgan fingerprint density at radius 3 is 3.00 bits per heavy atom. The van der Waals surface area contributed by atoms with Crippen LogP contribution in [0, 0.1) is 11.3 Å². The largest absolute Gasteiger partial charge is 0.354 e. The number of aromatic nitrogens is 1. The molecule has 100 valence electrons. The summed E-state index contributed by atoms with van der Waals surface area (Å²) >= 11 is 4.88. The van der Waals surface area contributed by atoms with Gasteiger partial charge in [-0.05, 0) is 18.2 Å². The van der Waals surface area contributed by atoms with E-state index in [1.165, 1.54) is 24.5 Å². The average molecular weight is 348 g/mol. The minimum absolute atomic E-state index is 0.0404. The van der Waals surface area contributed by atoms with Gasteiger partial charge in [-0.25, -0.2) is 4.98 Å². The lowest BCUT2D eigenvalue weighted by molar-refractivity contribution is -0.116. The van der Waals surface area contributed by atoms with E-state index in [0.717, 1.165) is 15.0 Å². The van der Waals surface area contributed by atoms with Crippen LogP contribution in [0.15, 0.2) is 39.7 Å². The highest BCUT2D eigenvalue weighted by Crippen LogP contribution is 2.26. The highest BCUT2D eigenvalue weighted by Gasteiger charge is 2.09. The molecule has 0 spiro atoms. The Kier molecular flexibility index (Phi) is 4.66. The highest BCUT2D eigenvalue weighted by molar-refractivity contribution is 9.10. The number of nitriles is 1. The molecule has 0 aliphatic rings. The molecule has 20 heavy (non-hydrogen) atoms. The summed E-state index contributed by atoms with van der Waals surface area (Å²) in [5.41, 5.74) is 1.63. The zero-order valence-electron chi connectivity index (χ0n) is 10.6. The molecular weight excluding hydrogens is 338 g/mol. The van der Waals surface area contributed by atoms with Gasteiger partial charge in [0.25, 0.3) is 5.91 Å². The molecule has 0 saturated heterocycles. The molecule has 0 radical (unpaired) electrons. The fourth-order valence-electron chi connectivity index (χ4n) is 1.54. The van der Waals surface area contributed by atoms with E-state index in [1.807, 2.05) is 35.7 Å². The van der Waals surface area contributed by atoms with Gasteiger partial charge in [0.05, 0.1) is 5.69 Å². The van der Waals surface area contributed by atoms with Crippen LogP contribution in [0.4, 0.5) is 0 Å². The number of hydrogen-bond donors (Lipinski definition) is 1. The summed E-state index contributed by atoms with van der Waals surface area (Å²) in [5, 5.41) is 14.0. The molecular formula is C14H10BrN3OS. The van der Waals surface area contributed by atoms with Crippen molar-refractivity contribution in [2.45, 2.75) is 0 Å². The van der Waals surface area contributed by atoms with E-state index in [9.17, 15) is 4.79 Å². The van der Waals surface area contributed by atoms with Gasteiger partial charge in [-0.2, -0.15) is 5.26 Å². The predicted molar refractivity (Wildman–Crippen MR) is 82.9 cm³/mol. The smallest absolute Gasteiger partial charge is 0.261 e. The molecule has 4 nitrogen and oxygen atoms in total. The van der Waals surface area contributed by atoms with Crippen LogP contribution in [0.1, 0.15) is 5.69 Å². The number of benzene rings is 1. The Morgan fingerprint density at radius 2 is 2.35 bits per heavy atom. The van der Waals surface area contributed by atoms with Crippen molar-refractivity contribution in [3.8, 4) is 16.6 Å². The number of carbonyl (C=O) groups is 1. The number of carbonyl (C=O) groups excluding carboxylic acids is 1. The number of rotatable bonds is 3. The number of likely N-dealkylation sites (N-methyl/N-ethyl adjacent to an activating group) is 1. The van der Waals surface area contributed by atoms with Crippen molar-refractivity contribution in [3.05, 3.63) is 45.4 Å². The van der Waals surface area contributed by atoms with Crippen LogP contribution in [-0.2, 0) is 4.79 Å². The first-order chi connectivity index (χ1) is 9.63. The number of nitrogens with zero attached hydrogens (tertiary/aromatic N) is 2. The molecule has 0 fully saturated rings. The quantitative estimate of drug-likeness (QED) is 0.684. The Hall–Kier alpha value is -1.97. The SMILES string of the molecule is CNC(=O)/C(C#N)=C/c1csc(-c2cccc(Br)c2)n1. The molecule has 0 saturated carbocycles. The molecule has 6 heteroatoms. The van der Waals surface area contributed by atoms with E-state index >= 15 is 0 Å². The molecule has 2 rings (SSSR count). The van der Waals surface area contributed by atoms with Crippen molar-refractivity contribution in [3.63, 3.8) is 0 Å². The second-order valence-corrected chi connectivity index (χ2v) is 5.61. The fourth-order valence-corrected chi connectivity index (χ4v) is 2.71. The summed E-state index contributed by atoms with van der Waals surface area (Å²) in [6.07, 6.45) is 1.48. The second kappa shape index (κ2) is 6.46. The van der Waals surface area contributed by atoms with E-state index < -0.39 is 5.91 Å². The van der Waals surface area contributed by atoms with Gasteiger partial charge in [0, 0.05) is 22.5 Å². The monoisotopic (exact) mass is 347 g/mol. The van der Waals surface area contributed by atoms with E-state index in [1.54, 1.807) is 0 Å². The highest BCUT2D eigenvalue weighted by atomic mass is 79.9. The number of amides is 1. The minimum atomic E-state index is -0.412. The standard InChI is InChI=1S/C14H10BrN3OS/c1-17-13(19)10(7-16)6-12-8-20-14(18-12)9-3-2-4-11(15)5-9/h2-6,8H,1H3,(H,17,19)/b10-6+. The first-order valence-corrected chi connectivity index (χ1v) is 7.36. The lowest BCUT2D eigenvalue weighted by Gasteiger charge is -1.96. The summed E-state index contributed by atoms with van der Waals surface area (Å²) in [4.78, 5) is 15.9. The maximum absolute atomic E-state index is 11.4. The first kappa shape index (κ1) is 14.4. The van der Waals surface area contributed by atoms with Gasteiger partial charge in [-0.1, -0.05) is 28.1 Å². The van der Waals surface area contributed by atoms with Gasteiger partial charge in [-0.15, -0.1) is 11.3 Å². The maximum Gasteiger partial charge on any atom is 0.261 e. The van der Waals surface area contributed by atoms with Crippen LogP contribution in [0.2, 0.25) is 0 Å². The van der Waals surface area contributed by atoms with Gasteiger partial charge in [0.15, 0.2) is 0 Å². The third kappa shape index (κ3) is 3.32. The normalized spacial score (nSPS) is 10.9. The fraction of sp³-hybridized carbons (Fsp3) is 0.0714. The van der Waals surface area contributed by atoms with Gasteiger partial charge >= 0.3 is 0 Å². The van der Waals surface area contributed by atoms with E-state index in [2.05, 4.69) is 26.2 Å². The Bertz CT molecular complexity index is 715. The maximum atomic E-state index is 11.4. The van der Waals surface area contributed by atoms with Crippen molar-refractivity contribution in [1.29, 1.82) is 5.26 Å². The molecule has 0 atom stereocenters. The molecule has 2 aromatic rings. The number of halogens is 1. The molecule has 1 amide bonds. The van der Waals surface area contributed by atoms with Crippen molar-refractivity contribution in [1.82, 2.24) is 10.3 Å². The number of nitrogens with one attached hydrogen (secondary N) is 1. The van der Waals surface area contributed by atoms with Crippen LogP contribution in [0.3, 0.4) is 0 Å². The van der Waals surface area contributed by atoms with Gasteiger partial charge in [0.2, 0.25) is 0 Å². The molecule has 1 aromatic heterocycles. The molecule has 1 heterocycles. The summed E-state index contributed by atoms with van der Waals surface area (Å²) in [5.74, 6) is -0.412. The minimum Gasteiger partial charge on any atom is -0.354 e. The summed E-state index contributed by atoms with van der Waals surface area (Å²) in [6, 6.07) is 9.67. The third-order valence-electron chi connectivity index (χ3n) is 2.48. The lowest BCUT2D eigenvalue weighted by Crippen LogP contribution is -2.19. The lowest BCUT2D eigenvalue weighted by atomic mass is 10.2. The Labute approximate surface area is 128 Å². The zero-order valence-corrected chi connectivity index (χ0v) is 13.0. The topological polar surface area (TPSA) is 65.8 Å². The molecule has 1 N–H and O–H groups in total. The van der Waals surface area contributed by atoms with Crippen LogP contribution >= 0.6 is 27.3 Å². The second-order valence-electron chi connectivity index (χ2n) is 3.84. The van der Waals surface area contributed by atoms with Crippen molar-refractivity contribution < 1.29 is 4.79 Å². The molecule has 1 aromatic carbocycles. The molecule has 0 aliphatic heterocycles. The predicted octanol–water partition coefficient (Wildman–Crippen LogP) is 3.23. The molecule has 0 bridgehead atoms. The molecule has 0 unspecified atom stereocenters. The van der Waals surface area contributed by atoms with Crippen LogP contribution < -0.4 is 5.32 Å². The van der Waals surface area contributed by atoms with Crippen molar-refractivity contribution in [2.75, 3.05) is 7.05 Å². The summed E-state index contributed by atoms with van der Waals surface area (Å²) in [6.45, 7) is 0. The van der Waals surface area contributed by atoms with Crippen molar-refractivity contribution >= 4 is 39.2 Å². The van der Waals surface area contributed by atoms with E-state index in [4.69, 9.17) is 5.26 Å². The van der Waals surface area contributed by atoms with E-state index in [-0.39, 0.29) is 5.57 Å². The third-order valence-corrected chi connectivity index (χ3v) is 3.88. The summed E-state index contributed by atoms with van der Waals surface area (Å²) < 4.78 is 0.977. The van der Waals surface area contributed by atoms with Crippen LogP contribution in [0.25, 0.3) is 16.6 Å². The van der Waals surface area contributed by atoms with E-state index in [0.29, 0.717) is 5.69 Å². The van der Waals surface area contributed by atoms with Gasteiger partial charge in [-0.3, -0.25) is 4.79 Å². The number of hydrogen-bond acceptors (Lipinski definition) is 4. The first-order valence-electron chi connectivity index (χ1n) is 5.69.